The Kier molecular flexibility index (Phi) is 6.60. The number of hydrogen-bond acceptors (Lipinski definition) is 4. The molecule has 0 fully saturated rings. The number of benzene rings is 3. The maximum atomic E-state index is 12.9. The summed E-state index contributed by atoms with van der Waals surface area (Å²) in [5.74, 6) is -0.408. The number of carbonyl (C=O) groups is 1. The lowest BCUT2D eigenvalue weighted by Gasteiger charge is -2.13. The third-order valence-corrected chi connectivity index (χ3v) is 7.08. The van der Waals surface area contributed by atoms with Gasteiger partial charge in [0.25, 0.3) is 15.9 Å². The molecule has 3 aromatic carbocycles. The third-order valence-electron chi connectivity index (χ3n) is 4.30. The van der Waals surface area contributed by atoms with Crippen molar-refractivity contribution in [1.82, 2.24) is 0 Å². The van der Waals surface area contributed by atoms with Crippen LogP contribution in [0.25, 0.3) is 0 Å². The Balaban J connectivity index is 1.85. The van der Waals surface area contributed by atoms with Crippen LogP contribution in [-0.4, -0.2) is 24.8 Å². The summed E-state index contributed by atoms with van der Waals surface area (Å²) >= 11 is 6.05. The maximum Gasteiger partial charge on any atom is 0.262 e. The summed E-state index contributed by atoms with van der Waals surface area (Å²) in [5.41, 5.74) is 1.47. The highest BCUT2D eigenvalue weighted by Crippen LogP contribution is 2.27. The summed E-state index contributed by atoms with van der Waals surface area (Å²) < 4.78 is 39.7. The molecular formula is C21H19ClN2O4S2. The number of halogens is 1. The van der Waals surface area contributed by atoms with Crippen molar-refractivity contribution in [3.8, 4) is 0 Å². The molecule has 0 radical (unpaired) electrons. The van der Waals surface area contributed by atoms with Crippen LogP contribution in [0.15, 0.2) is 76.5 Å². The second-order valence-electron chi connectivity index (χ2n) is 6.50. The smallest absolute Gasteiger partial charge is 0.262 e. The predicted molar refractivity (Wildman–Crippen MR) is 120 cm³/mol. The minimum atomic E-state index is -3.92. The van der Waals surface area contributed by atoms with E-state index in [4.69, 9.17) is 11.6 Å². The van der Waals surface area contributed by atoms with Crippen molar-refractivity contribution in [2.24, 2.45) is 0 Å². The minimum absolute atomic E-state index is 0.0250. The zero-order valence-corrected chi connectivity index (χ0v) is 18.6. The van der Waals surface area contributed by atoms with Gasteiger partial charge in [0.05, 0.1) is 15.6 Å². The van der Waals surface area contributed by atoms with E-state index in [1.54, 1.807) is 73.8 Å². The average molecular weight is 463 g/mol. The molecule has 0 heterocycles. The Morgan fingerprint density at radius 3 is 2.30 bits per heavy atom. The van der Waals surface area contributed by atoms with Crippen molar-refractivity contribution in [1.29, 1.82) is 0 Å². The molecule has 0 unspecified atom stereocenters. The molecule has 0 aromatic heterocycles. The number of carbonyl (C=O) groups excluding carboxylic acids is 1. The van der Waals surface area contributed by atoms with Gasteiger partial charge in [0.2, 0.25) is 0 Å². The van der Waals surface area contributed by atoms with Crippen LogP contribution in [0.5, 0.6) is 0 Å². The van der Waals surface area contributed by atoms with Gasteiger partial charge in [0, 0.05) is 33.2 Å². The summed E-state index contributed by atoms with van der Waals surface area (Å²) in [4.78, 5) is 13.1. The number of amides is 1. The van der Waals surface area contributed by atoms with Crippen molar-refractivity contribution in [2.45, 2.75) is 16.7 Å². The fourth-order valence-corrected chi connectivity index (χ4v) is 4.82. The fraction of sp³-hybridized carbons (Fsp3) is 0.0952. The number of para-hydroxylation sites is 1. The molecule has 0 saturated carbocycles. The summed E-state index contributed by atoms with van der Waals surface area (Å²) in [5, 5.41) is 2.97. The molecule has 6 nitrogen and oxygen atoms in total. The van der Waals surface area contributed by atoms with Crippen LogP contribution < -0.4 is 10.0 Å². The van der Waals surface area contributed by atoms with Gasteiger partial charge in [-0.3, -0.25) is 13.7 Å². The van der Waals surface area contributed by atoms with E-state index in [0.29, 0.717) is 21.7 Å². The fourth-order valence-electron chi connectivity index (χ4n) is 2.71. The Morgan fingerprint density at radius 2 is 1.67 bits per heavy atom. The lowest BCUT2D eigenvalue weighted by molar-refractivity contribution is 0.102. The Hall–Kier alpha value is -2.68. The van der Waals surface area contributed by atoms with Crippen molar-refractivity contribution in [3.63, 3.8) is 0 Å². The molecular weight excluding hydrogens is 444 g/mol. The summed E-state index contributed by atoms with van der Waals surface area (Å²) in [7, 11) is -5.06. The number of rotatable bonds is 6. The number of anilines is 2. The Morgan fingerprint density at radius 1 is 1.00 bits per heavy atom. The molecule has 2 N–H and O–H groups in total. The van der Waals surface area contributed by atoms with Gasteiger partial charge in [-0.2, -0.15) is 0 Å². The quantitative estimate of drug-likeness (QED) is 0.566. The van der Waals surface area contributed by atoms with Crippen LogP contribution in [-0.2, 0) is 20.8 Å². The molecule has 9 heteroatoms. The molecule has 30 heavy (non-hydrogen) atoms. The molecule has 0 aliphatic heterocycles. The van der Waals surface area contributed by atoms with E-state index in [9.17, 15) is 17.4 Å². The first kappa shape index (κ1) is 22.0. The highest BCUT2D eigenvalue weighted by Gasteiger charge is 2.19. The number of hydrogen-bond donors (Lipinski definition) is 2. The summed E-state index contributed by atoms with van der Waals surface area (Å²) in [6.45, 7) is 1.66. The Bertz CT molecular complexity index is 1230. The zero-order valence-electron chi connectivity index (χ0n) is 16.2. The standard InChI is InChI=1S/C21H19ClN2O4S2/c1-14-7-10-16(23-21(25)15-8-11-17(12-9-15)29(2)26)13-20(14)30(27,28)24-19-6-4-3-5-18(19)22/h3-13,24H,1-2H3,(H,23,25)/t29-/m0/s1. The summed E-state index contributed by atoms with van der Waals surface area (Å²) in [6, 6.07) is 17.5. The molecule has 156 valence electrons. The van der Waals surface area contributed by atoms with E-state index in [0.717, 1.165) is 0 Å². The van der Waals surface area contributed by atoms with Crippen LogP contribution in [0.2, 0.25) is 5.02 Å². The third kappa shape index (κ3) is 5.08. The normalized spacial score (nSPS) is 12.2. The van der Waals surface area contributed by atoms with Gasteiger partial charge in [-0.25, -0.2) is 8.42 Å². The van der Waals surface area contributed by atoms with Gasteiger partial charge in [0.15, 0.2) is 0 Å². The van der Waals surface area contributed by atoms with Gasteiger partial charge >= 0.3 is 0 Å². The number of nitrogens with one attached hydrogen (secondary N) is 2. The van der Waals surface area contributed by atoms with E-state index >= 15 is 0 Å². The lowest BCUT2D eigenvalue weighted by Crippen LogP contribution is -2.16. The maximum absolute atomic E-state index is 12.9. The van der Waals surface area contributed by atoms with E-state index in [1.807, 2.05) is 0 Å². The van der Waals surface area contributed by atoms with Crippen LogP contribution >= 0.6 is 11.6 Å². The molecule has 3 rings (SSSR count). The molecule has 0 aliphatic carbocycles. The molecule has 0 bridgehead atoms. The zero-order chi connectivity index (χ0) is 21.9. The van der Waals surface area contributed by atoms with Crippen LogP contribution in [0.3, 0.4) is 0 Å². The van der Waals surface area contributed by atoms with E-state index in [1.165, 1.54) is 6.07 Å². The molecule has 1 atom stereocenters. The van der Waals surface area contributed by atoms with Gasteiger partial charge in [-0.1, -0.05) is 29.8 Å². The number of aryl methyl sites for hydroxylation is 1. The first-order chi connectivity index (χ1) is 14.2. The van der Waals surface area contributed by atoms with Crippen LogP contribution in [0.4, 0.5) is 11.4 Å². The van der Waals surface area contributed by atoms with E-state index in [-0.39, 0.29) is 15.6 Å². The molecule has 3 aromatic rings. The van der Waals surface area contributed by atoms with Gasteiger partial charge < -0.3 is 5.32 Å². The second kappa shape index (κ2) is 8.99. The highest BCUT2D eigenvalue weighted by atomic mass is 35.5. The Labute approximate surface area is 182 Å². The van der Waals surface area contributed by atoms with E-state index in [2.05, 4.69) is 10.0 Å². The highest BCUT2D eigenvalue weighted by molar-refractivity contribution is 7.92. The van der Waals surface area contributed by atoms with Crippen LogP contribution in [0, 0.1) is 6.92 Å². The van der Waals surface area contributed by atoms with Crippen molar-refractivity contribution >= 4 is 49.7 Å². The lowest BCUT2D eigenvalue weighted by atomic mass is 10.2. The van der Waals surface area contributed by atoms with Crippen LogP contribution in [0.1, 0.15) is 15.9 Å². The second-order valence-corrected chi connectivity index (χ2v) is 9.94. The summed E-state index contributed by atoms with van der Waals surface area (Å²) in [6.07, 6.45) is 1.56. The van der Waals surface area contributed by atoms with E-state index < -0.39 is 26.7 Å². The van der Waals surface area contributed by atoms with Gasteiger partial charge in [0.1, 0.15) is 0 Å². The monoisotopic (exact) mass is 462 g/mol. The van der Waals surface area contributed by atoms with Gasteiger partial charge in [-0.05, 0) is 61.0 Å². The average Bonchev–Trinajstić information content (AvgIpc) is 2.71. The van der Waals surface area contributed by atoms with Crippen molar-refractivity contribution in [3.05, 3.63) is 82.9 Å². The topological polar surface area (TPSA) is 92.3 Å². The molecule has 0 aliphatic rings. The largest absolute Gasteiger partial charge is 0.322 e. The van der Waals surface area contributed by atoms with Crippen molar-refractivity contribution < 1.29 is 17.4 Å². The molecule has 0 spiro atoms. The first-order valence-electron chi connectivity index (χ1n) is 8.80. The molecule has 1 amide bonds. The van der Waals surface area contributed by atoms with Crippen molar-refractivity contribution in [2.75, 3.05) is 16.3 Å². The first-order valence-corrected chi connectivity index (χ1v) is 12.2. The molecule has 0 saturated heterocycles. The minimum Gasteiger partial charge on any atom is -0.322 e. The SMILES string of the molecule is Cc1ccc(NC(=O)c2ccc([S@](C)=O)cc2)cc1S(=O)(=O)Nc1ccccc1Cl. The predicted octanol–water partition coefficient (Wildman–Crippen LogP) is 4.44. The van der Waals surface area contributed by atoms with Gasteiger partial charge in [-0.15, -0.1) is 0 Å². The number of sulfonamides is 1.